The van der Waals surface area contributed by atoms with Crippen LogP contribution in [-0.2, 0) is 10.0 Å². The highest BCUT2D eigenvalue weighted by molar-refractivity contribution is 9.10. The molecule has 0 fully saturated rings. The van der Waals surface area contributed by atoms with Crippen molar-refractivity contribution in [2.45, 2.75) is 11.8 Å². The van der Waals surface area contributed by atoms with E-state index in [-0.39, 0.29) is 10.6 Å². The molecular weight excluding hydrogens is 335 g/mol. The molecule has 0 bridgehead atoms. The maximum absolute atomic E-state index is 13.4. The highest BCUT2D eigenvalue weighted by atomic mass is 79.9. The Morgan fingerprint density at radius 3 is 2.68 bits per heavy atom. The standard InChI is InChI=1S/C12H10BrFN2O2S/c1-8-4-9(13)6-10(5-8)19(17,18)16-12-2-3-15-7-11(12)14/h2-7H,1H3,(H,15,16). The minimum absolute atomic E-state index is 0.0654. The van der Waals surface area contributed by atoms with Crippen LogP contribution in [0.1, 0.15) is 5.56 Å². The SMILES string of the molecule is Cc1cc(Br)cc(S(=O)(=O)Nc2ccncc2F)c1. The fourth-order valence-corrected chi connectivity index (χ4v) is 3.47. The molecular formula is C12H10BrFN2O2S. The molecule has 1 heterocycles. The van der Waals surface area contributed by atoms with Crippen LogP contribution in [0.25, 0.3) is 0 Å². The molecule has 2 rings (SSSR count). The number of rotatable bonds is 3. The minimum Gasteiger partial charge on any atom is -0.277 e. The smallest absolute Gasteiger partial charge is 0.262 e. The van der Waals surface area contributed by atoms with E-state index in [9.17, 15) is 12.8 Å². The molecule has 0 aliphatic heterocycles. The zero-order valence-electron chi connectivity index (χ0n) is 9.89. The molecule has 0 saturated carbocycles. The maximum Gasteiger partial charge on any atom is 0.262 e. The molecule has 2 aromatic rings. The number of aryl methyl sites for hydroxylation is 1. The highest BCUT2D eigenvalue weighted by Crippen LogP contribution is 2.22. The average Bonchev–Trinajstić information content (AvgIpc) is 2.31. The molecule has 0 spiro atoms. The van der Waals surface area contributed by atoms with Gasteiger partial charge in [-0.25, -0.2) is 12.8 Å². The van der Waals surface area contributed by atoms with E-state index in [1.54, 1.807) is 13.0 Å². The normalized spacial score (nSPS) is 11.3. The van der Waals surface area contributed by atoms with E-state index in [2.05, 4.69) is 25.6 Å². The van der Waals surface area contributed by atoms with Gasteiger partial charge in [-0.1, -0.05) is 15.9 Å². The molecule has 4 nitrogen and oxygen atoms in total. The summed E-state index contributed by atoms with van der Waals surface area (Å²) in [5.74, 6) is -0.724. The van der Waals surface area contributed by atoms with Crippen LogP contribution >= 0.6 is 15.9 Å². The van der Waals surface area contributed by atoms with Crippen molar-refractivity contribution in [3.05, 3.63) is 52.5 Å². The minimum atomic E-state index is -3.83. The Hall–Kier alpha value is -1.47. The third-order valence-corrected chi connectivity index (χ3v) is 4.15. The van der Waals surface area contributed by atoms with Crippen LogP contribution in [0.2, 0.25) is 0 Å². The summed E-state index contributed by atoms with van der Waals surface area (Å²) in [6.07, 6.45) is 2.26. The first-order valence-electron chi connectivity index (χ1n) is 5.28. The van der Waals surface area contributed by atoms with Crippen molar-refractivity contribution in [2.75, 3.05) is 4.72 Å². The number of pyridine rings is 1. The van der Waals surface area contributed by atoms with Gasteiger partial charge >= 0.3 is 0 Å². The van der Waals surface area contributed by atoms with E-state index >= 15 is 0 Å². The topological polar surface area (TPSA) is 59.1 Å². The second kappa shape index (κ2) is 5.26. The van der Waals surface area contributed by atoms with Crippen molar-refractivity contribution < 1.29 is 12.8 Å². The molecule has 19 heavy (non-hydrogen) atoms. The Morgan fingerprint density at radius 2 is 2.05 bits per heavy atom. The van der Waals surface area contributed by atoms with Crippen LogP contribution in [0.4, 0.5) is 10.1 Å². The van der Waals surface area contributed by atoms with E-state index < -0.39 is 15.8 Å². The predicted molar refractivity (Wildman–Crippen MR) is 73.9 cm³/mol. The number of halogens is 2. The molecule has 100 valence electrons. The highest BCUT2D eigenvalue weighted by Gasteiger charge is 2.17. The van der Waals surface area contributed by atoms with E-state index in [0.717, 1.165) is 11.8 Å². The summed E-state index contributed by atoms with van der Waals surface area (Å²) in [6, 6.07) is 6.00. The Kier molecular flexibility index (Phi) is 3.86. The molecule has 0 aliphatic rings. The van der Waals surface area contributed by atoms with E-state index in [1.807, 2.05) is 0 Å². The third-order valence-electron chi connectivity index (χ3n) is 2.34. The molecule has 0 amide bonds. The first-order valence-corrected chi connectivity index (χ1v) is 7.55. The summed E-state index contributed by atoms with van der Waals surface area (Å²) in [4.78, 5) is 3.62. The summed E-state index contributed by atoms with van der Waals surface area (Å²) < 4.78 is 40.5. The van der Waals surface area contributed by atoms with Crippen molar-refractivity contribution in [1.82, 2.24) is 4.98 Å². The van der Waals surface area contributed by atoms with Gasteiger partial charge in [0.05, 0.1) is 16.8 Å². The fraction of sp³-hybridized carbons (Fsp3) is 0.0833. The monoisotopic (exact) mass is 344 g/mol. The number of hydrogen-bond donors (Lipinski definition) is 1. The molecule has 7 heteroatoms. The van der Waals surface area contributed by atoms with Gasteiger partial charge in [0, 0.05) is 10.7 Å². The van der Waals surface area contributed by atoms with Gasteiger partial charge in [0.25, 0.3) is 10.0 Å². The molecule has 1 aromatic heterocycles. The van der Waals surface area contributed by atoms with Gasteiger partial charge in [-0.15, -0.1) is 0 Å². The summed E-state index contributed by atoms with van der Waals surface area (Å²) in [5.41, 5.74) is 0.651. The molecule has 0 unspecified atom stereocenters. The zero-order valence-corrected chi connectivity index (χ0v) is 12.3. The van der Waals surface area contributed by atoms with Crippen LogP contribution < -0.4 is 4.72 Å². The average molecular weight is 345 g/mol. The van der Waals surface area contributed by atoms with Crippen LogP contribution in [0.5, 0.6) is 0 Å². The number of aromatic nitrogens is 1. The lowest BCUT2D eigenvalue weighted by Gasteiger charge is -2.09. The quantitative estimate of drug-likeness (QED) is 0.930. The van der Waals surface area contributed by atoms with Gasteiger partial charge in [0.2, 0.25) is 0 Å². The Morgan fingerprint density at radius 1 is 1.32 bits per heavy atom. The van der Waals surface area contributed by atoms with Crippen molar-refractivity contribution in [2.24, 2.45) is 0 Å². The molecule has 1 N–H and O–H groups in total. The van der Waals surface area contributed by atoms with Gasteiger partial charge in [-0.3, -0.25) is 9.71 Å². The van der Waals surface area contributed by atoms with Crippen molar-refractivity contribution in [3.63, 3.8) is 0 Å². The van der Waals surface area contributed by atoms with Crippen molar-refractivity contribution in [1.29, 1.82) is 0 Å². The summed E-state index contributed by atoms with van der Waals surface area (Å²) in [5, 5.41) is 0. The number of hydrogen-bond acceptors (Lipinski definition) is 3. The molecule has 1 aromatic carbocycles. The van der Waals surface area contributed by atoms with Crippen LogP contribution in [0.3, 0.4) is 0 Å². The molecule has 0 radical (unpaired) electrons. The second-order valence-corrected chi connectivity index (χ2v) is 6.52. The predicted octanol–water partition coefficient (Wildman–Crippen LogP) is 3.09. The van der Waals surface area contributed by atoms with Gasteiger partial charge < -0.3 is 0 Å². The molecule has 0 saturated heterocycles. The third kappa shape index (κ3) is 3.30. The van der Waals surface area contributed by atoms with Crippen molar-refractivity contribution in [3.8, 4) is 0 Å². The number of benzene rings is 1. The summed E-state index contributed by atoms with van der Waals surface area (Å²) in [6.45, 7) is 1.77. The fourth-order valence-electron chi connectivity index (χ4n) is 1.52. The lowest BCUT2D eigenvalue weighted by atomic mass is 10.2. The summed E-state index contributed by atoms with van der Waals surface area (Å²) >= 11 is 3.23. The van der Waals surface area contributed by atoms with Crippen LogP contribution in [0.15, 0.2) is 46.0 Å². The number of nitrogens with one attached hydrogen (secondary N) is 1. The Bertz CT molecular complexity index is 699. The number of sulfonamides is 1. The van der Waals surface area contributed by atoms with Gasteiger partial charge in [-0.2, -0.15) is 0 Å². The van der Waals surface area contributed by atoms with E-state index in [0.29, 0.717) is 4.47 Å². The van der Waals surface area contributed by atoms with Gasteiger partial charge in [0.1, 0.15) is 0 Å². The maximum atomic E-state index is 13.4. The first-order chi connectivity index (χ1) is 8.88. The largest absolute Gasteiger partial charge is 0.277 e. The van der Waals surface area contributed by atoms with Gasteiger partial charge in [0.15, 0.2) is 5.82 Å². The molecule has 0 atom stereocenters. The molecule has 0 aliphatic carbocycles. The number of nitrogens with zero attached hydrogens (tertiary/aromatic N) is 1. The van der Waals surface area contributed by atoms with Crippen LogP contribution in [-0.4, -0.2) is 13.4 Å². The number of anilines is 1. The lowest BCUT2D eigenvalue weighted by Crippen LogP contribution is -2.14. The van der Waals surface area contributed by atoms with E-state index in [1.165, 1.54) is 24.4 Å². The Balaban J connectivity index is 2.41. The van der Waals surface area contributed by atoms with Crippen LogP contribution in [0, 0.1) is 12.7 Å². The first kappa shape index (κ1) is 14.0. The van der Waals surface area contributed by atoms with Crippen molar-refractivity contribution >= 4 is 31.6 Å². The zero-order chi connectivity index (χ0) is 14.0. The van der Waals surface area contributed by atoms with E-state index in [4.69, 9.17) is 0 Å². The van der Waals surface area contributed by atoms with Gasteiger partial charge in [-0.05, 0) is 36.8 Å². The lowest BCUT2D eigenvalue weighted by molar-refractivity contribution is 0.598. The summed E-state index contributed by atoms with van der Waals surface area (Å²) in [7, 11) is -3.83. The Labute approximate surface area is 118 Å². The second-order valence-electron chi connectivity index (χ2n) is 3.93.